The molecule has 0 radical (unpaired) electrons. The molecule has 2 N–H and O–H groups in total. The number of aromatic nitrogens is 2. The first-order valence-electron chi connectivity index (χ1n) is 13.3. The van der Waals surface area contributed by atoms with E-state index in [0.717, 1.165) is 5.56 Å². The number of nitrogens with one attached hydrogen (secondary N) is 2. The first-order chi connectivity index (χ1) is 19.8. The first-order valence-corrected chi connectivity index (χ1v) is 14.2. The van der Waals surface area contributed by atoms with Gasteiger partial charge in [-0.3, -0.25) is 4.79 Å². The van der Waals surface area contributed by atoms with Crippen molar-refractivity contribution in [1.82, 2.24) is 9.97 Å². The summed E-state index contributed by atoms with van der Waals surface area (Å²) >= 11 is 1.22. The van der Waals surface area contributed by atoms with Gasteiger partial charge in [-0.1, -0.05) is 72.4 Å². The molecule has 41 heavy (non-hydrogen) atoms. The second kappa shape index (κ2) is 12.4. The number of benzene rings is 3. The van der Waals surface area contributed by atoms with Crippen molar-refractivity contribution in [2.24, 2.45) is 0 Å². The van der Waals surface area contributed by atoms with Crippen LogP contribution in [0.2, 0.25) is 0 Å². The smallest absolute Gasteiger partial charge is 0.337 e. The van der Waals surface area contributed by atoms with Gasteiger partial charge in [0.05, 0.1) is 23.2 Å². The van der Waals surface area contributed by atoms with Gasteiger partial charge in [0.15, 0.2) is 5.16 Å². The van der Waals surface area contributed by atoms with Gasteiger partial charge >= 0.3 is 5.97 Å². The molecule has 0 fully saturated rings. The van der Waals surface area contributed by atoms with Gasteiger partial charge in [-0.05, 0) is 55.7 Å². The number of thioether (sulfide) groups is 1. The Morgan fingerprint density at radius 1 is 1.02 bits per heavy atom. The number of hydrogen-bond acceptors (Lipinski definition) is 7. The summed E-state index contributed by atoms with van der Waals surface area (Å²) < 4.78 is 25.6. The molecule has 3 aromatic carbocycles. The Morgan fingerprint density at radius 2 is 1.73 bits per heavy atom. The van der Waals surface area contributed by atoms with E-state index in [9.17, 15) is 14.0 Å². The largest absolute Gasteiger partial charge is 0.489 e. The summed E-state index contributed by atoms with van der Waals surface area (Å²) in [6, 6.07) is 23.7. The summed E-state index contributed by atoms with van der Waals surface area (Å²) in [4.78, 5) is 34.3. The fourth-order valence-electron chi connectivity index (χ4n) is 4.64. The maximum Gasteiger partial charge on any atom is 0.337 e. The highest BCUT2D eigenvalue weighted by atomic mass is 32.2. The summed E-state index contributed by atoms with van der Waals surface area (Å²) in [6.07, 6.45) is -0.341. The van der Waals surface area contributed by atoms with Crippen LogP contribution >= 0.6 is 11.8 Å². The lowest BCUT2D eigenvalue weighted by Gasteiger charge is -2.29. The molecular formula is C32H30FN3O4S. The third-order valence-electron chi connectivity index (χ3n) is 6.57. The predicted molar refractivity (Wildman–Crippen MR) is 157 cm³/mol. The van der Waals surface area contributed by atoms with Gasteiger partial charge in [0.25, 0.3) is 5.56 Å². The fraction of sp³-hybridized carbons (Fsp3) is 0.219. The number of nitrogens with zero attached hydrogens (tertiary/aromatic N) is 1. The van der Waals surface area contributed by atoms with Crippen molar-refractivity contribution in [2.75, 3.05) is 5.32 Å². The summed E-state index contributed by atoms with van der Waals surface area (Å²) in [6.45, 7) is 5.73. The molecule has 0 spiro atoms. The van der Waals surface area contributed by atoms with Crippen LogP contribution in [0.4, 0.5) is 10.2 Å². The van der Waals surface area contributed by atoms with Crippen LogP contribution in [0.5, 0.6) is 5.75 Å². The first kappa shape index (κ1) is 28.2. The Bertz CT molecular complexity index is 1640. The van der Waals surface area contributed by atoms with Gasteiger partial charge < -0.3 is 19.8 Å². The van der Waals surface area contributed by atoms with E-state index < -0.39 is 17.4 Å². The van der Waals surface area contributed by atoms with Crippen LogP contribution in [0.15, 0.2) is 100 Å². The van der Waals surface area contributed by atoms with E-state index in [2.05, 4.69) is 15.3 Å². The number of ether oxygens (including phenoxy) is 2. The summed E-state index contributed by atoms with van der Waals surface area (Å²) in [7, 11) is 0. The van der Waals surface area contributed by atoms with Crippen molar-refractivity contribution in [3.05, 3.63) is 129 Å². The lowest BCUT2D eigenvalue weighted by atomic mass is 9.82. The minimum atomic E-state index is -0.720. The Morgan fingerprint density at radius 3 is 2.44 bits per heavy atom. The third kappa shape index (κ3) is 6.52. The molecule has 1 atom stereocenters. The second-order valence-electron chi connectivity index (χ2n) is 9.91. The molecule has 4 aromatic rings. The Kier molecular flexibility index (Phi) is 8.54. The molecule has 0 aliphatic carbocycles. The van der Waals surface area contributed by atoms with E-state index in [0.29, 0.717) is 57.0 Å². The van der Waals surface area contributed by atoms with Crippen LogP contribution in [-0.2, 0) is 21.9 Å². The van der Waals surface area contributed by atoms with E-state index in [4.69, 9.17) is 9.47 Å². The highest BCUT2D eigenvalue weighted by molar-refractivity contribution is 7.98. The maximum absolute atomic E-state index is 14.1. The monoisotopic (exact) mass is 571 g/mol. The molecule has 0 saturated heterocycles. The molecule has 1 aliphatic heterocycles. The topological polar surface area (TPSA) is 93.3 Å². The number of allylic oxidation sites excluding steroid dienone is 1. The van der Waals surface area contributed by atoms with Crippen molar-refractivity contribution < 1.29 is 18.7 Å². The Hall–Kier alpha value is -4.37. The molecular weight excluding hydrogens is 541 g/mol. The Labute approximate surface area is 241 Å². The number of carbonyl (C=O) groups excluding carboxylic acids is 1. The molecule has 2 heterocycles. The molecule has 210 valence electrons. The van der Waals surface area contributed by atoms with Crippen molar-refractivity contribution >= 4 is 23.5 Å². The van der Waals surface area contributed by atoms with Crippen LogP contribution in [0.3, 0.4) is 0 Å². The van der Waals surface area contributed by atoms with Crippen molar-refractivity contribution in [2.45, 2.75) is 50.3 Å². The van der Waals surface area contributed by atoms with Crippen LogP contribution in [-0.4, -0.2) is 22.0 Å². The molecule has 1 aliphatic rings. The van der Waals surface area contributed by atoms with Crippen molar-refractivity contribution in [3.8, 4) is 5.75 Å². The molecule has 0 saturated carbocycles. The van der Waals surface area contributed by atoms with Gasteiger partial charge in [-0.2, -0.15) is 0 Å². The van der Waals surface area contributed by atoms with E-state index >= 15 is 0 Å². The van der Waals surface area contributed by atoms with Gasteiger partial charge in [0, 0.05) is 11.4 Å². The maximum atomic E-state index is 14.1. The number of esters is 1. The van der Waals surface area contributed by atoms with E-state index in [1.165, 1.54) is 17.8 Å². The zero-order valence-electron chi connectivity index (χ0n) is 22.9. The SMILES string of the molecule is CC1=C(C(=O)OC(C)C)C(c2ccc(OCc3ccccc3)cc2)c2c(nc(SCc3ccccc3F)[nH]c2=O)N1. The van der Waals surface area contributed by atoms with E-state index in [1.807, 2.05) is 54.6 Å². The second-order valence-corrected chi connectivity index (χ2v) is 10.9. The van der Waals surface area contributed by atoms with Crippen molar-refractivity contribution in [1.29, 1.82) is 0 Å². The van der Waals surface area contributed by atoms with E-state index in [-0.39, 0.29) is 11.9 Å². The lowest BCUT2D eigenvalue weighted by Crippen LogP contribution is -2.31. The van der Waals surface area contributed by atoms with Crippen LogP contribution in [0.25, 0.3) is 0 Å². The molecule has 1 unspecified atom stereocenters. The van der Waals surface area contributed by atoms with Gasteiger partial charge in [-0.25, -0.2) is 14.2 Å². The summed E-state index contributed by atoms with van der Waals surface area (Å²) in [5.41, 5.74) is 3.06. The zero-order valence-corrected chi connectivity index (χ0v) is 23.8. The van der Waals surface area contributed by atoms with E-state index in [1.54, 1.807) is 39.0 Å². The van der Waals surface area contributed by atoms with Crippen molar-refractivity contribution in [3.63, 3.8) is 0 Å². The molecule has 0 bridgehead atoms. The zero-order chi connectivity index (χ0) is 28.9. The Balaban J connectivity index is 1.47. The lowest BCUT2D eigenvalue weighted by molar-refractivity contribution is -0.143. The normalized spacial score (nSPS) is 14.4. The molecule has 5 rings (SSSR count). The van der Waals surface area contributed by atoms with Gasteiger partial charge in [0.2, 0.25) is 0 Å². The number of anilines is 1. The standard InChI is InChI=1S/C32H30FN3O4S/c1-19(2)40-31(38)26-20(3)34-29-28(30(37)36-32(35-29)41-18-23-11-7-8-12-25(23)33)27(26)22-13-15-24(16-14-22)39-17-21-9-5-4-6-10-21/h4-16,19,27H,17-18H2,1-3H3,(H2,34,35,36,37). The quantitative estimate of drug-likeness (QED) is 0.133. The molecule has 9 heteroatoms. The number of H-pyrrole nitrogens is 1. The summed E-state index contributed by atoms with van der Waals surface area (Å²) in [5.74, 6) is -0.251. The minimum absolute atomic E-state index is 0.295. The minimum Gasteiger partial charge on any atom is -0.489 e. The number of hydrogen-bond donors (Lipinski definition) is 2. The number of carbonyl (C=O) groups is 1. The summed E-state index contributed by atoms with van der Waals surface area (Å²) in [5, 5.41) is 3.48. The average Bonchev–Trinajstić information content (AvgIpc) is 2.95. The number of rotatable bonds is 9. The van der Waals surface area contributed by atoms with Crippen LogP contribution in [0.1, 0.15) is 48.9 Å². The predicted octanol–water partition coefficient (Wildman–Crippen LogP) is 6.56. The van der Waals surface area contributed by atoms with Gasteiger partial charge in [-0.15, -0.1) is 0 Å². The third-order valence-corrected chi connectivity index (χ3v) is 7.49. The fourth-order valence-corrected chi connectivity index (χ4v) is 5.49. The molecule has 1 aromatic heterocycles. The highest BCUT2D eigenvalue weighted by Gasteiger charge is 2.36. The number of fused-ring (bicyclic) bond motifs is 1. The molecule has 7 nitrogen and oxygen atoms in total. The van der Waals surface area contributed by atoms with Gasteiger partial charge in [0.1, 0.15) is 24.0 Å². The van der Waals surface area contributed by atoms with Crippen LogP contribution < -0.4 is 15.6 Å². The average molecular weight is 572 g/mol. The number of aromatic amines is 1. The highest BCUT2D eigenvalue weighted by Crippen LogP contribution is 2.41. The number of halogens is 1. The van der Waals surface area contributed by atoms with Crippen LogP contribution in [0, 0.1) is 5.82 Å². The molecule has 0 amide bonds.